The monoisotopic (exact) mass is 235 g/mol. The molecule has 1 aromatic carbocycles. The average molecular weight is 235 g/mol. The molecule has 1 fully saturated rings. The maximum Gasteiger partial charge on any atom is 0.167 e. The minimum atomic E-state index is -0.780. The van der Waals surface area contributed by atoms with E-state index in [9.17, 15) is 5.11 Å². The third kappa shape index (κ3) is 1.87. The van der Waals surface area contributed by atoms with E-state index in [1.165, 1.54) is 0 Å². The zero-order valence-electron chi connectivity index (χ0n) is 9.74. The van der Waals surface area contributed by atoms with Crippen molar-refractivity contribution in [1.29, 1.82) is 0 Å². The zero-order chi connectivity index (χ0) is 11.7. The van der Waals surface area contributed by atoms with Crippen LogP contribution in [-0.2, 0) is 5.60 Å². The molecular weight excluding hydrogens is 218 g/mol. The van der Waals surface area contributed by atoms with Crippen LogP contribution in [0.3, 0.4) is 0 Å². The van der Waals surface area contributed by atoms with Crippen LogP contribution in [-0.4, -0.2) is 31.4 Å². The van der Waals surface area contributed by atoms with E-state index in [0.717, 1.165) is 30.2 Å². The average Bonchev–Trinajstić information content (AvgIpc) is 2.39. The molecule has 4 heteroatoms. The highest BCUT2D eigenvalue weighted by Crippen LogP contribution is 2.42. The van der Waals surface area contributed by atoms with Crippen molar-refractivity contribution in [2.45, 2.75) is 18.4 Å². The molecule has 0 bridgehead atoms. The summed E-state index contributed by atoms with van der Waals surface area (Å²) in [5.41, 5.74) is 0.0910. The number of benzene rings is 1. The van der Waals surface area contributed by atoms with Crippen LogP contribution in [0.1, 0.15) is 18.4 Å². The van der Waals surface area contributed by atoms with Crippen LogP contribution in [0, 0.1) is 0 Å². The van der Waals surface area contributed by atoms with Gasteiger partial charge in [0.05, 0.1) is 5.60 Å². The standard InChI is InChI=1S/C13H17NO3/c15-13(4-6-14-7-5-13)10-2-1-3-11-12(10)17-9-8-16-11/h1-3,14-15H,4-9H2. The summed E-state index contributed by atoms with van der Waals surface area (Å²) >= 11 is 0. The zero-order valence-corrected chi connectivity index (χ0v) is 9.74. The summed E-state index contributed by atoms with van der Waals surface area (Å²) in [5, 5.41) is 14.0. The Balaban J connectivity index is 2.01. The van der Waals surface area contributed by atoms with Crippen LogP contribution >= 0.6 is 0 Å². The number of rotatable bonds is 1. The van der Waals surface area contributed by atoms with Gasteiger partial charge in [-0.2, -0.15) is 0 Å². The van der Waals surface area contributed by atoms with Crippen LogP contribution in [0.4, 0.5) is 0 Å². The highest BCUT2D eigenvalue weighted by Gasteiger charge is 2.35. The largest absolute Gasteiger partial charge is 0.486 e. The number of piperidine rings is 1. The van der Waals surface area contributed by atoms with Gasteiger partial charge in [0.15, 0.2) is 11.5 Å². The van der Waals surface area contributed by atoms with Crippen molar-refractivity contribution in [3.05, 3.63) is 23.8 Å². The molecule has 1 aromatic rings. The summed E-state index contributed by atoms with van der Waals surface area (Å²) in [6, 6.07) is 5.75. The van der Waals surface area contributed by atoms with Gasteiger partial charge in [0, 0.05) is 5.56 Å². The first-order valence-corrected chi connectivity index (χ1v) is 6.12. The molecule has 0 unspecified atom stereocenters. The second-order valence-corrected chi connectivity index (χ2v) is 4.61. The molecule has 2 aliphatic rings. The first-order valence-electron chi connectivity index (χ1n) is 6.12. The van der Waals surface area contributed by atoms with E-state index < -0.39 is 5.60 Å². The van der Waals surface area contributed by atoms with Gasteiger partial charge in [-0.25, -0.2) is 0 Å². The SMILES string of the molecule is OC1(c2cccc3c2OCCO3)CCNCC1. The van der Waals surface area contributed by atoms with Gasteiger partial charge in [-0.1, -0.05) is 12.1 Å². The second kappa shape index (κ2) is 4.20. The van der Waals surface area contributed by atoms with Crippen molar-refractivity contribution in [2.24, 2.45) is 0 Å². The van der Waals surface area contributed by atoms with Crippen molar-refractivity contribution < 1.29 is 14.6 Å². The van der Waals surface area contributed by atoms with Crippen molar-refractivity contribution in [3.8, 4) is 11.5 Å². The predicted molar refractivity (Wildman–Crippen MR) is 63.4 cm³/mol. The van der Waals surface area contributed by atoms with Gasteiger partial charge in [0.1, 0.15) is 13.2 Å². The van der Waals surface area contributed by atoms with Gasteiger partial charge < -0.3 is 19.9 Å². The molecule has 2 aliphatic heterocycles. The normalized spacial score (nSPS) is 22.2. The Kier molecular flexibility index (Phi) is 2.68. The lowest BCUT2D eigenvalue weighted by Crippen LogP contribution is -2.40. The molecule has 0 atom stereocenters. The summed E-state index contributed by atoms with van der Waals surface area (Å²) in [5.74, 6) is 1.48. The fraction of sp³-hybridized carbons (Fsp3) is 0.538. The Morgan fingerprint density at radius 1 is 1.12 bits per heavy atom. The first kappa shape index (κ1) is 10.9. The second-order valence-electron chi connectivity index (χ2n) is 4.61. The molecule has 0 radical (unpaired) electrons. The lowest BCUT2D eigenvalue weighted by atomic mass is 9.84. The molecule has 0 amide bonds. The summed E-state index contributed by atoms with van der Waals surface area (Å²) in [7, 11) is 0. The molecule has 2 N–H and O–H groups in total. The lowest BCUT2D eigenvalue weighted by Gasteiger charge is -2.35. The van der Waals surface area contributed by atoms with Crippen LogP contribution < -0.4 is 14.8 Å². The van der Waals surface area contributed by atoms with E-state index in [1.807, 2.05) is 18.2 Å². The molecule has 2 heterocycles. The fourth-order valence-electron chi connectivity index (χ4n) is 2.55. The molecule has 17 heavy (non-hydrogen) atoms. The number of aliphatic hydroxyl groups is 1. The van der Waals surface area contributed by atoms with Crippen molar-refractivity contribution in [2.75, 3.05) is 26.3 Å². The van der Waals surface area contributed by atoms with Gasteiger partial charge in [-0.15, -0.1) is 0 Å². The Bertz CT molecular complexity index is 413. The van der Waals surface area contributed by atoms with Gasteiger partial charge in [0.2, 0.25) is 0 Å². The van der Waals surface area contributed by atoms with E-state index in [4.69, 9.17) is 9.47 Å². The summed E-state index contributed by atoms with van der Waals surface area (Å²) < 4.78 is 11.2. The topological polar surface area (TPSA) is 50.7 Å². The minimum absolute atomic E-state index is 0.554. The molecule has 0 aliphatic carbocycles. The summed E-state index contributed by atoms with van der Waals surface area (Å²) in [6.45, 7) is 2.80. The molecule has 3 rings (SSSR count). The minimum Gasteiger partial charge on any atom is -0.486 e. The molecule has 1 saturated heterocycles. The van der Waals surface area contributed by atoms with E-state index >= 15 is 0 Å². The fourth-order valence-corrected chi connectivity index (χ4v) is 2.55. The number of fused-ring (bicyclic) bond motifs is 1. The Morgan fingerprint density at radius 3 is 2.71 bits per heavy atom. The van der Waals surface area contributed by atoms with Crippen molar-refractivity contribution >= 4 is 0 Å². The third-order valence-corrected chi connectivity index (χ3v) is 3.50. The molecule has 0 aromatic heterocycles. The number of nitrogens with one attached hydrogen (secondary N) is 1. The number of hydrogen-bond acceptors (Lipinski definition) is 4. The maximum absolute atomic E-state index is 10.7. The smallest absolute Gasteiger partial charge is 0.167 e. The van der Waals surface area contributed by atoms with E-state index in [1.54, 1.807) is 0 Å². The van der Waals surface area contributed by atoms with Gasteiger partial charge in [-0.3, -0.25) is 0 Å². The summed E-state index contributed by atoms with van der Waals surface area (Å²) in [6.07, 6.45) is 1.43. The van der Waals surface area contributed by atoms with Crippen LogP contribution in [0.5, 0.6) is 11.5 Å². The summed E-state index contributed by atoms with van der Waals surface area (Å²) in [4.78, 5) is 0. The van der Waals surface area contributed by atoms with Gasteiger partial charge in [0.25, 0.3) is 0 Å². The van der Waals surface area contributed by atoms with E-state index in [2.05, 4.69) is 5.32 Å². The Morgan fingerprint density at radius 2 is 1.88 bits per heavy atom. The van der Waals surface area contributed by atoms with Gasteiger partial charge >= 0.3 is 0 Å². The maximum atomic E-state index is 10.7. The number of hydrogen-bond donors (Lipinski definition) is 2. The molecule has 0 saturated carbocycles. The van der Waals surface area contributed by atoms with E-state index in [0.29, 0.717) is 26.1 Å². The van der Waals surface area contributed by atoms with Crippen LogP contribution in [0.2, 0.25) is 0 Å². The Labute approximate surface area is 101 Å². The first-order chi connectivity index (χ1) is 8.30. The van der Waals surface area contributed by atoms with Crippen LogP contribution in [0.25, 0.3) is 0 Å². The van der Waals surface area contributed by atoms with Crippen LogP contribution in [0.15, 0.2) is 18.2 Å². The van der Waals surface area contributed by atoms with Gasteiger partial charge in [-0.05, 0) is 32.0 Å². The van der Waals surface area contributed by atoms with Crippen molar-refractivity contribution in [3.63, 3.8) is 0 Å². The van der Waals surface area contributed by atoms with Crippen molar-refractivity contribution in [1.82, 2.24) is 5.32 Å². The molecular formula is C13H17NO3. The molecule has 92 valence electrons. The number of para-hydroxylation sites is 1. The quantitative estimate of drug-likeness (QED) is 0.763. The third-order valence-electron chi connectivity index (χ3n) is 3.50. The Hall–Kier alpha value is -1.26. The number of ether oxygens (including phenoxy) is 2. The molecule has 0 spiro atoms. The predicted octanol–water partition coefficient (Wildman–Crippen LogP) is 1.03. The lowest BCUT2D eigenvalue weighted by molar-refractivity contribution is 0.00172. The molecule has 4 nitrogen and oxygen atoms in total. The van der Waals surface area contributed by atoms with E-state index in [-0.39, 0.29) is 0 Å². The highest BCUT2D eigenvalue weighted by molar-refractivity contribution is 5.50. The highest BCUT2D eigenvalue weighted by atomic mass is 16.6.